The van der Waals surface area contributed by atoms with E-state index in [1.54, 1.807) is 24.2 Å². The molecule has 0 aromatic rings. The first-order valence-electron chi connectivity index (χ1n) is 13.8. The van der Waals surface area contributed by atoms with Crippen LogP contribution in [0.15, 0.2) is 40.4 Å². The third-order valence-corrected chi connectivity index (χ3v) is 28.6. The van der Waals surface area contributed by atoms with Crippen LogP contribution in [0.3, 0.4) is 0 Å². The molecule has 0 saturated carbocycles. The molecule has 184 valence electrons. The molecule has 2 saturated heterocycles. The van der Waals surface area contributed by atoms with E-state index >= 15 is 0 Å². The van der Waals surface area contributed by atoms with Gasteiger partial charge in [-0.15, -0.1) is 0 Å². The van der Waals surface area contributed by atoms with E-state index in [0.29, 0.717) is 0 Å². The van der Waals surface area contributed by atoms with Crippen LogP contribution in [0.1, 0.15) is 91.9 Å². The van der Waals surface area contributed by atoms with E-state index in [1.165, 1.54) is 76.3 Å². The first-order valence-corrected chi connectivity index (χ1v) is 22.6. The van der Waals surface area contributed by atoms with E-state index in [1.807, 2.05) is 21.5 Å². The molecular weight excluding hydrogens is 642 g/mol. The zero-order chi connectivity index (χ0) is 21.9. The molecule has 2 heterocycles. The predicted octanol–water partition coefficient (Wildman–Crippen LogP) is 3.45. The van der Waals surface area contributed by atoms with Crippen LogP contribution in [0.4, 0.5) is 0 Å². The summed E-state index contributed by atoms with van der Waals surface area (Å²) in [5.41, 5.74) is 3.89. The molecule has 2 fully saturated rings. The Morgan fingerprint density at radius 2 is 1.06 bits per heavy atom. The van der Waals surface area contributed by atoms with Crippen molar-refractivity contribution in [2.45, 2.75) is 128 Å². The number of unbranched alkanes of at least 4 members (excludes halogenated alkanes) is 2. The summed E-state index contributed by atoms with van der Waals surface area (Å²) in [4.78, 5) is 0. The van der Waals surface area contributed by atoms with Crippen molar-refractivity contribution in [2.24, 2.45) is 0 Å². The van der Waals surface area contributed by atoms with Crippen molar-refractivity contribution in [1.29, 1.82) is 0 Å². The third-order valence-electron chi connectivity index (χ3n) is 9.38. The fourth-order valence-corrected chi connectivity index (χ4v) is 27.1. The molecule has 0 radical (unpaired) electrons. The van der Waals surface area contributed by atoms with Crippen molar-refractivity contribution in [3.63, 3.8) is 0 Å². The quantitative estimate of drug-likeness (QED) is 0.276. The van der Waals surface area contributed by atoms with Crippen LogP contribution in [0, 0.1) is 0 Å². The van der Waals surface area contributed by atoms with Gasteiger partial charge in [0.1, 0.15) is 0 Å². The van der Waals surface area contributed by atoms with Crippen LogP contribution >= 0.6 is 0 Å². The van der Waals surface area contributed by atoms with Crippen LogP contribution in [0.5, 0.6) is 0 Å². The van der Waals surface area contributed by atoms with Gasteiger partial charge < -0.3 is 24.8 Å². The topological polar surface area (TPSA) is 0 Å². The first kappa shape index (κ1) is 30.1. The second-order valence-corrected chi connectivity index (χ2v) is 25.0. The van der Waals surface area contributed by atoms with E-state index < -0.39 is 39.1 Å². The number of hydrogen-bond donors (Lipinski definition) is 0. The van der Waals surface area contributed by atoms with Gasteiger partial charge in [-0.3, -0.25) is 0 Å². The Labute approximate surface area is 230 Å². The van der Waals surface area contributed by atoms with Crippen LogP contribution < -0.4 is 24.8 Å². The Kier molecular flexibility index (Phi) is 12.2. The molecule has 0 atom stereocenters. The summed E-state index contributed by atoms with van der Waals surface area (Å²) in [5.74, 6) is 0. The summed E-state index contributed by atoms with van der Waals surface area (Å²) in [5, 5.41) is 4.09. The molecule has 0 aromatic heterocycles. The number of allylic oxidation sites excluding steroid dienone is 8. The summed E-state index contributed by atoms with van der Waals surface area (Å²) in [6, 6.07) is 9.49. The van der Waals surface area contributed by atoms with Gasteiger partial charge in [0.15, 0.2) is 0 Å². The van der Waals surface area contributed by atoms with Crippen molar-refractivity contribution >= 4 is 16.1 Å². The maximum atomic E-state index is 2.81. The van der Waals surface area contributed by atoms with E-state index in [9.17, 15) is 0 Å². The van der Waals surface area contributed by atoms with Gasteiger partial charge in [0.05, 0.1) is 0 Å². The van der Waals surface area contributed by atoms with Crippen molar-refractivity contribution in [3.05, 3.63) is 40.4 Å². The van der Waals surface area contributed by atoms with Crippen LogP contribution in [-0.4, -0.2) is 16.1 Å². The second-order valence-electron chi connectivity index (χ2n) is 10.9. The summed E-state index contributed by atoms with van der Waals surface area (Å²) in [6.07, 6.45) is 19.8. The van der Waals surface area contributed by atoms with Gasteiger partial charge >= 0.3 is 208 Å². The minimum atomic E-state index is -1.10. The van der Waals surface area contributed by atoms with E-state index in [-0.39, 0.29) is 24.8 Å². The number of rotatable bonds is 12. The fourth-order valence-electron chi connectivity index (χ4n) is 6.71. The number of hydrogen-bond acceptors (Lipinski definition) is 0. The van der Waals surface area contributed by atoms with Gasteiger partial charge in [0, 0.05) is 0 Å². The Balaban J connectivity index is 0.00000193. The van der Waals surface area contributed by atoms with Gasteiger partial charge in [0.25, 0.3) is 0 Å². The average molecular weight is 688 g/mol. The molecule has 0 N–H and O–H groups in total. The molecule has 2 aliphatic carbocycles. The summed E-state index contributed by atoms with van der Waals surface area (Å²) in [7, 11) is -2.19. The van der Waals surface area contributed by atoms with Crippen LogP contribution in [0.2, 0.25) is 36.3 Å². The summed E-state index contributed by atoms with van der Waals surface area (Å²) < 4.78 is 4.19. The molecule has 0 bridgehead atoms. The molecule has 2 aliphatic heterocycles. The van der Waals surface area contributed by atoms with Crippen molar-refractivity contribution in [3.8, 4) is 0 Å². The molecule has 0 spiro atoms. The minimum absolute atomic E-state index is 0. The predicted molar refractivity (Wildman–Crippen MR) is 139 cm³/mol. The minimum Gasteiger partial charge on any atom is -1.00 e. The molecule has 4 rings (SSSR count). The third kappa shape index (κ3) is 5.89. The van der Waals surface area contributed by atoms with Crippen molar-refractivity contribution < 1.29 is 47.7 Å². The van der Waals surface area contributed by atoms with E-state index in [0.717, 1.165) is 0 Å². The Bertz CT molecular complexity index is 724. The van der Waals surface area contributed by atoms with Gasteiger partial charge in [-0.1, -0.05) is 0 Å². The maximum Gasteiger partial charge on any atom is -1.00 e. The molecule has 4 aliphatic rings. The van der Waals surface area contributed by atoms with E-state index in [2.05, 4.69) is 46.5 Å². The largest absolute Gasteiger partial charge is 1.00 e. The summed E-state index contributed by atoms with van der Waals surface area (Å²) >= 11 is -0.979. The maximum absolute atomic E-state index is 2.81. The Morgan fingerprint density at radius 3 is 1.33 bits per heavy atom. The van der Waals surface area contributed by atoms with Gasteiger partial charge in [-0.05, 0) is 0 Å². The van der Waals surface area contributed by atoms with Crippen LogP contribution in [0.25, 0.3) is 0 Å². The fraction of sp³-hybridized carbons (Fsp3) is 0.714. The second kappa shape index (κ2) is 13.4. The molecule has 0 unspecified atom stereocenters. The van der Waals surface area contributed by atoms with Crippen molar-refractivity contribution in [1.82, 2.24) is 0 Å². The van der Waals surface area contributed by atoms with Crippen LogP contribution in [-0.2, 0) is 22.9 Å². The summed E-state index contributed by atoms with van der Waals surface area (Å²) in [6.45, 7) is 9.86. The SMILES string of the molecule is CCCCC1=[C]([Hf+2][C]2=C(CCCC)CC=C2[Si]2(CC)CCC2)C([Si]2(CC)CCC2)=CC1.[Cl-].[Cl-]. The Hall–Kier alpha value is 0.844. The number of halogens is 2. The first-order chi connectivity index (χ1) is 15.1. The monoisotopic (exact) mass is 688 g/mol. The average Bonchev–Trinajstić information content (AvgIpc) is 3.30. The van der Waals surface area contributed by atoms with Gasteiger partial charge in [-0.2, -0.15) is 0 Å². The zero-order valence-corrected chi connectivity index (χ0v) is 28.8. The molecule has 5 heteroatoms. The van der Waals surface area contributed by atoms with Crippen molar-refractivity contribution in [2.75, 3.05) is 0 Å². The molecule has 0 aromatic carbocycles. The van der Waals surface area contributed by atoms with E-state index in [4.69, 9.17) is 0 Å². The van der Waals surface area contributed by atoms with Gasteiger partial charge in [0.2, 0.25) is 0 Å². The smallest absolute Gasteiger partial charge is 1.00 e. The molecule has 0 amide bonds. The normalized spacial score (nSPS) is 22.5. The standard InChI is InChI=1S/2C14H23Si.2ClH.Hf/c2*1-3-5-7-13-8-9-14(12-13)15(4-2)10-6-11-15;;;/h2*9H,3-8,10-11H2,1-2H3;2*1H;/q;;;;+2/p-2. The van der Waals surface area contributed by atoms with Gasteiger partial charge in [-0.25, -0.2) is 0 Å². The molecular formula is C28H46Cl2HfSi2. The molecule has 33 heavy (non-hydrogen) atoms. The Morgan fingerprint density at radius 1 is 0.667 bits per heavy atom. The zero-order valence-electron chi connectivity index (χ0n) is 21.7. The molecule has 0 nitrogen and oxygen atoms in total.